The molecule has 1 atom stereocenters. The molecule has 2 rings (SSSR count). The number of aryl methyl sites for hydroxylation is 1. The van der Waals surface area contributed by atoms with E-state index in [1.165, 1.54) is 25.8 Å². The highest BCUT2D eigenvalue weighted by Gasteiger charge is 2.15. The van der Waals surface area contributed by atoms with Gasteiger partial charge in [-0.2, -0.15) is 0 Å². The minimum atomic E-state index is 0.277. The summed E-state index contributed by atoms with van der Waals surface area (Å²) in [4.78, 5) is 0. The first-order valence-corrected chi connectivity index (χ1v) is 7.76. The van der Waals surface area contributed by atoms with Crippen molar-refractivity contribution in [2.24, 2.45) is 0 Å². The van der Waals surface area contributed by atoms with Crippen molar-refractivity contribution < 1.29 is 0 Å². The molecule has 0 aromatic heterocycles. The predicted molar refractivity (Wildman–Crippen MR) is 90.6 cm³/mol. The molecule has 19 heavy (non-hydrogen) atoms. The van der Waals surface area contributed by atoms with Crippen molar-refractivity contribution in [3.63, 3.8) is 0 Å². The van der Waals surface area contributed by atoms with Crippen molar-refractivity contribution in [1.82, 2.24) is 5.32 Å². The number of hydrogen-bond acceptors (Lipinski definition) is 1. The fraction of sp³-hybridized carbons (Fsp3) is 0.294. The van der Waals surface area contributed by atoms with Gasteiger partial charge in [0.25, 0.3) is 0 Å². The van der Waals surface area contributed by atoms with Crippen molar-refractivity contribution in [3.05, 3.63) is 68.3 Å². The smallest absolute Gasteiger partial charge is 0.0579 e. The molecule has 0 aliphatic heterocycles. The second kappa shape index (κ2) is 6.53. The van der Waals surface area contributed by atoms with E-state index < -0.39 is 0 Å². The third-order valence-corrected chi connectivity index (χ3v) is 4.22. The predicted octanol–water partition coefficient (Wildman–Crippen LogP) is 4.61. The van der Waals surface area contributed by atoms with Gasteiger partial charge in [-0.25, -0.2) is 0 Å². The summed E-state index contributed by atoms with van der Waals surface area (Å²) in [5.74, 6) is 0. The van der Waals surface area contributed by atoms with Crippen LogP contribution in [0.15, 0.2) is 42.5 Å². The summed E-state index contributed by atoms with van der Waals surface area (Å²) in [6, 6.07) is 15.6. The van der Waals surface area contributed by atoms with Gasteiger partial charge in [0.2, 0.25) is 0 Å². The van der Waals surface area contributed by atoms with Gasteiger partial charge < -0.3 is 5.32 Å². The minimum absolute atomic E-state index is 0.277. The van der Waals surface area contributed by atoms with Gasteiger partial charge in [-0.15, -0.1) is 0 Å². The van der Waals surface area contributed by atoms with E-state index in [1.54, 1.807) is 0 Å². The van der Waals surface area contributed by atoms with Crippen molar-refractivity contribution in [1.29, 1.82) is 0 Å². The molecule has 0 saturated heterocycles. The van der Waals surface area contributed by atoms with Crippen LogP contribution in [-0.4, -0.2) is 6.54 Å². The van der Waals surface area contributed by atoms with Crippen molar-refractivity contribution >= 4 is 22.6 Å². The monoisotopic (exact) mass is 365 g/mol. The molecule has 2 aromatic rings. The number of nitrogens with one attached hydrogen (secondary N) is 1. The zero-order valence-electron chi connectivity index (χ0n) is 11.7. The number of benzene rings is 2. The van der Waals surface area contributed by atoms with Crippen LogP contribution in [0.2, 0.25) is 0 Å². The lowest BCUT2D eigenvalue weighted by atomic mass is 9.92. The van der Waals surface area contributed by atoms with Crippen molar-refractivity contribution in [2.75, 3.05) is 6.54 Å². The minimum Gasteiger partial charge on any atom is -0.307 e. The molecule has 0 amide bonds. The Morgan fingerprint density at radius 1 is 1.11 bits per heavy atom. The van der Waals surface area contributed by atoms with Gasteiger partial charge in [0, 0.05) is 3.57 Å². The molecular weight excluding hydrogens is 345 g/mol. The van der Waals surface area contributed by atoms with E-state index in [4.69, 9.17) is 0 Å². The molecule has 2 heteroatoms. The van der Waals surface area contributed by atoms with Crippen LogP contribution in [0.3, 0.4) is 0 Å². The average Bonchev–Trinajstić information content (AvgIpc) is 2.40. The molecule has 0 aliphatic rings. The van der Waals surface area contributed by atoms with Crippen LogP contribution >= 0.6 is 22.6 Å². The zero-order chi connectivity index (χ0) is 13.8. The summed E-state index contributed by atoms with van der Waals surface area (Å²) in [5, 5.41) is 3.61. The summed E-state index contributed by atoms with van der Waals surface area (Å²) in [7, 11) is 0. The highest BCUT2D eigenvalue weighted by atomic mass is 127. The Morgan fingerprint density at radius 2 is 1.84 bits per heavy atom. The zero-order valence-corrected chi connectivity index (χ0v) is 13.9. The Bertz CT molecular complexity index is 563. The SMILES string of the molecule is CCNC(c1cccc(I)c1)c1cccc(C)c1C. The Hall–Kier alpha value is -0.870. The van der Waals surface area contributed by atoms with Gasteiger partial charge in [-0.3, -0.25) is 0 Å². The molecule has 0 spiro atoms. The second-order valence-corrected chi connectivity index (χ2v) is 6.08. The van der Waals surface area contributed by atoms with Crippen LogP contribution in [0.4, 0.5) is 0 Å². The molecule has 0 aliphatic carbocycles. The molecule has 1 nitrogen and oxygen atoms in total. The molecule has 0 bridgehead atoms. The second-order valence-electron chi connectivity index (χ2n) is 4.83. The van der Waals surface area contributed by atoms with Crippen LogP contribution < -0.4 is 5.32 Å². The van der Waals surface area contributed by atoms with Crippen LogP contribution in [0, 0.1) is 17.4 Å². The number of hydrogen-bond donors (Lipinski definition) is 1. The topological polar surface area (TPSA) is 12.0 Å². The van der Waals surface area contributed by atoms with E-state index in [2.05, 4.69) is 91.1 Å². The summed E-state index contributed by atoms with van der Waals surface area (Å²) in [6.07, 6.45) is 0. The van der Waals surface area contributed by atoms with Crippen LogP contribution in [0.25, 0.3) is 0 Å². The molecule has 1 N–H and O–H groups in total. The van der Waals surface area contributed by atoms with Crippen LogP contribution in [-0.2, 0) is 0 Å². The molecule has 0 fully saturated rings. The van der Waals surface area contributed by atoms with Gasteiger partial charge in [0.15, 0.2) is 0 Å². The fourth-order valence-corrected chi connectivity index (χ4v) is 2.95. The lowest BCUT2D eigenvalue weighted by Gasteiger charge is -2.22. The van der Waals surface area contributed by atoms with E-state index in [1.807, 2.05) is 0 Å². The molecular formula is C17H20IN. The lowest BCUT2D eigenvalue weighted by Crippen LogP contribution is -2.23. The van der Waals surface area contributed by atoms with Crippen molar-refractivity contribution in [3.8, 4) is 0 Å². The fourth-order valence-electron chi connectivity index (χ4n) is 2.38. The van der Waals surface area contributed by atoms with E-state index in [0.29, 0.717) is 0 Å². The summed E-state index contributed by atoms with van der Waals surface area (Å²) >= 11 is 2.37. The number of halogens is 1. The highest BCUT2D eigenvalue weighted by Crippen LogP contribution is 2.27. The van der Waals surface area contributed by atoms with E-state index in [-0.39, 0.29) is 6.04 Å². The summed E-state index contributed by atoms with van der Waals surface area (Å²) < 4.78 is 1.28. The lowest BCUT2D eigenvalue weighted by molar-refractivity contribution is 0.627. The molecule has 0 radical (unpaired) electrons. The maximum Gasteiger partial charge on any atom is 0.0579 e. The van der Waals surface area contributed by atoms with Crippen LogP contribution in [0.1, 0.15) is 35.2 Å². The van der Waals surface area contributed by atoms with Gasteiger partial charge >= 0.3 is 0 Å². The first-order valence-electron chi connectivity index (χ1n) is 6.68. The molecule has 1 unspecified atom stereocenters. The Labute approximate surface area is 129 Å². The maximum atomic E-state index is 3.61. The maximum absolute atomic E-state index is 3.61. The Morgan fingerprint density at radius 3 is 2.53 bits per heavy atom. The first-order chi connectivity index (χ1) is 9.13. The van der Waals surface area contributed by atoms with E-state index in [9.17, 15) is 0 Å². The molecule has 0 saturated carbocycles. The highest BCUT2D eigenvalue weighted by molar-refractivity contribution is 14.1. The largest absolute Gasteiger partial charge is 0.307 e. The van der Waals surface area contributed by atoms with Crippen LogP contribution in [0.5, 0.6) is 0 Å². The third kappa shape index (κ3) is 3.37. The standard InChI is InChI=1S/C17H20IN/c1-4-19-17(14-8-6-9-15(18)11-14)16-10-5-7-12(2)13(16)3/h5-11,17,19H,4H2,1-3H3. The van der Waals surface area contributed by atoms with E-state index in [0.717, 1.165) is 6.54 Å². The Balaban J connectivity index is 2.48. The average molecular weight is 365 g/mol. The first kappa shape index (κ1) is 14.5. The molecule has 0 heterocycles. The Kier molecular flexibility index (Phi) is 4.99. The van der Waals surface area contributed by atoms with Gasteiger partial charge in [-0.05, 0) is 77.4 Å². The molecule has 2 aromatic carbocycles. The summed E-state index contributed by atoms with van der Waals surface area (Å²) in [5.41, 5.74) is 5.45. The number of rotatable bonds is 4. The normalized spacial score (nSPS) is 12.4. The van der Waals surface area contributed by atoms with Gasteiger partial charge in [0.1, 0.15) is 0 Å². The quantitative estimate of drug-likeness (QED) is 0.781. The van der Waals surface area contributed by atoms with Gasteiger partial charge in [0.05, 0.1) is 6.04 Å². The summed E-state index contributed by atoms with van der Waals surface area (Å²) in [6.45, 7) is 7.51. The van der Waals surface area contributed by atoms with Crippen molar-refractivity contribution in [2.45, 2.75) is 26.8 Å². The van der Waals surface area contributed by atoms with E-state index >= 15 is 0 Å². The molecule has 100 valence electrons. The third-order valence-electron chi connectivity index (χ3n) is 3.55. The van der Waals surface area contributed by atoms with Gasteiger partial charge in [-0.1, -0.05) is 37.3 Å².